The van der Waals surface area contributed by atoms with Crippen LogP contribution in [0.5, 0.6) is 0 Å². The molecule has 0 radical (unpaired) electrons. The van der Waals surface area contributed by atoms with E-state index in [-0.39, 0.29) is 22.2 Å². The zero-order valence-corrected chi connectivity index (χ0v) is 13.9. The lowest BCUT2D eigenvalue weighted by atomic mass is 9.96. The van der Waals surface area contributed by atoms with E-state index in [1.165, 1.54) is 13.0 Å². The lowest BCUT2D eigenvalue weighted by molar-refractivity contribution is 0.420. The number of hydrogen-bond donors (Lipinski definition) is 2. The molecular formula is C14H21FN2O2S2. The number of rotatable bonds is 4. The van der Waals surface area contributed by atoms with Crippen LogP contribution < -0.4 is 10.5 Å². The Morgan fingerprint density at radius 2 is 2.10 bits per heavy atom. The minimum Gasteiger partial charge on any atom is -0.399 e. The summed E-state index contributed by atoms with van der Waals surface area (Å²) >= 11 is 1.76. The molecule has 2 unspecified atom stereocenters. The molecule has 1 saturated carbocycles. The molecule has 0 bridgehead atoms. The Balaban J connectivity index is 2.23. The van der Waals surface area contributed by atoms with E-state index in [1.807, 2.05) is 6.26 Å². The molecular weight excluding hydrogens is 311 g/mol. The van der Waals surface area contributed by atoms with Gasteiger partial charge < -0.3 is 5.73 Å². The Morgan fingerprint density at radius 1 is 1.38 bits per heavy atom. The summed E-state index contributed by atoms with van der Waals surface area (Å²) in [5, 5.41) is 0.477. The summed E-state index contributed by atoms with van der Waals surface area (Å²) in [6, 6.07) is 2.36. The van der Waals surface area contributed by atoms with Crippen LogP contribution in [0.3, 0.4) is 0 Å². The van der Waals surface area contributed by atoms with Gasteiger partial charge in [0.25, 0.3) is 0 Å². The van der Waals surface area contributed by atoms with Gasteiger partial charge in [0, 0.05) is 22.5 Å². The first-order chi connectivity index (χ1) is 9.83. The standard InChI is InChI=1S/C14H21FN2O2S2/c1-9-13(15)6-10(16)7-14(9)21(18,19)17-11-4-3-5-12(8-11)20-2/h6-7,11-12,17H,3-5,8,16H2,1-2H3. The zero-order valence-electron chi connectivity index (χ0n) is 12.2. The fraction of sp³-hybridized carbons (Fsp3) is 0.571. The Labute approximate surface area is 129 Å². The van der Waals surface area contributed by atoms with Crippen molar-refractivity contribution in [3.63, 3.8) is 0 Å². The number of thioether (sulfide) groups is 1. The predicted molar refractivity (Wildman–Crippen MR) is 85.4 cm³/mol. The molecule has 0 amide bonds. The van der Waals surface area contributed by atoms with Crippen molar-refractivity contribution in [2.45, 2.75) is 48.8 Å². The molecule has 7 heteroatoms. The van der Waals surface area contributed by atoms with Gasteiger partial charge in [-0.05, 0) is 44.6 Å². The molecule has 2 rings (SSSR count). The highest BCUT2D eigenvalue weighted by Crippen LogP contribution is 2.29. The van der Waals surface area contributed by atoms with Crippen molar-refractivity contribution >= 4 is 27.5 Å². The van der Waals surface area contributed by atoms with Crippen molar-refractivity contribution in [1.29, 1.82) is 0 Å². The third-order valence-electron chi connectivity index (χ3n) is 3.89. The fourth-order valence-electron chi connectivity index (χ4n) is 2.70. The van der Waals surface area contributed by atoms with Crippen LogP contribution >= 0.6 is 11.8 Å². The van der Waals surface area contributed by atoms with E-state index in [1.54, 1.807) is 11.8 Å². The Hall–Kier alpha value is -0.790. The number of benzene rings is 1. The molecule has 0 spiro atoms. The monoisotopic (exact) mass is 332 g/mol. The summed E-state index contributed by atoms with van der Waals surface area (Å²) in [5.41, 5.74) is 5.79. The van der Waals surface area contributed by atoms with Crippen molar-refractivity contribution in [2.24, 2.45) is 0 Å². The lowest BCUT2D eigenvalue weighted by Gasteiger charge is -2.28. The van der Waals surface area contributed by atoms with Crippen molar-refractivity contribution in [1.82, 2.24) is 4.72 Å². The minimum absolute atomic E-state index is 0.0636. The molecule has 1 fully saturated rings. The minimum atomic E-state index is -3.75. The SMILES string of the molecule is CSC1CCCC(NS(=O)(=O)c2cc(N)cc(F)c2C)C1. The normalized spacial score (nSPS) is 23.2. The Bertz CT molecular complexity index is 620. The Kier molecular flexibility index (Phi) is 5.16. The summed E-state index contributed by atoms with van der Waals surface area (Å²) in [5.74, 6) is -0.596. The quantitative estimate of drug-likeness (QED) is 0.832. The zero-order chi connectivity index (χ0) is 15.6. The molecule has 0 aliphatic heterocycles. The number of nitrogens with two attached hydrogens (primary N) is 1. The number of nitrogens with one attached hydrogen (secondary N) is 1. The van der Waals surface area contributed by atoms with E-state index in [0.717, 1.165) is 31.7 Å². The number of hydrogen-bond acceptors (Lipinski definition) is 4. The van der Waals surface area contributed by atoms with Gasteiger partial charge in [0.15, 0.2) is 0 Å². The number of anilines is 1. The predicted octanol–water partition coefficient (Wildman–Crippen LogP) is 2.67. The molecule has 118 valence electrons. The second kappa shape index (κ2) is 6.54. The van der Waals surface area contributed by atoms with Gasteiger partial charge in [-0.15, -0.1) is 0 Å². The summed E-state index contributed by atoms with van der Waals surface area (Å²) in [6.45, 7) is 1.45. The van der Waals surface area contributed by atoms with Gasteiger partial charge in [-0.25, -0.2) is 17.5 Å². The number of sulfonamides is 1. The van der Waals surface area contributed by atoms with E-state index in [9.17, 15) is 12.8 Å². The maximum Gasteiger partial charge on any atom is 0.241 e. The largest absolute Gasteiger partial charge is 0.399 e. The van der Waals surface area contributed by atoms with Gasteiger partial charge in [-0.2, -0.15) is 11.8 Å². The molecule has 0 aromatic heterocycles. The molecule has 1 aromatic rings. The molecule has 21 heavy (non-hydrogen) atoms. The van der Waals surface area contributed by atoms with Crippen LogP contribution in [0.2, 0.25) is 0 Å². The van der Waals surface area contributed by atoms with Crippen LogP contribution in [0, 0.1) is 12.7 Å². The number of nitrogen functional groups attached to an aromatic ring is 1. The van der Waals surface area contributed by atoms with Crippen molar-refractivity contribution in [2.75, 3.05) is 12.0 Å². The van der Waals surface area contributed by atoms with Crippen LogP contribution in [0.4, 0.5) is 10.1 Å². The molecule has 3 N–H and O–H groups in total. The average Bonchev–Trinajstić information content (AvgIpc) is 2.42. The van der Waals surface area contributed by atoms with E-state index >= 15 is 0 Å². The first-order valence-electron chi connectivity index (χ1n) is 6.94. The maximum atomic E-state index is 13.7. The highest BCUT2D eigenvalue weighted by Gasteiger charge is 2.27. The second-order valence-corrected chi connectivity index (χ2v) is 8.29. The molecule has 0 heterocycles. The summed E-state index contributed by atoms with van der Waals surface area (Å²) in [6.07, 6.45) is 5.79. The van der Waals surface area contributed by atoms with Crippen molar-refractivity contribution in [3.8, 4) is 0 Å². The summed E-state index contributed by atoms with van der Waals surface area (Å²) in [7, 11) is -3.75. The average molecular weight is 332 g/mol. The molecule has 1 aliphatic carbocycles. The molecule has 1 aliphatic rings. The fourth-order valence-corrected chi connectivity index (χ4v) is 5.10. The molecule has 1 aromatic carbocycles. The third-order valence-corrected chi connectivity index (χ3v) is 6.63. The first kappa shape index (κ1) is 16.6. The van der Waals surface area contributed by atoms with Crippen LogP contribution in [0.1, 0.15) is 31.2 Å². The Morgan fingerprint density at radius 3 is 2.76 bits per heavy atom. The van der Waals surface area contributed by atoms with E-state index in [2.05, 4.69) is 4.72 Å². The smallest absolute Gasteiger partial charge is 0.241 e. The summed E-state index contributed by atoms with van der Waals surface area (Å²) < 4.78 is 41.4. The highest BCUT2D eigenvalue weighted by molar-refractivity contribution is 7.99. The van der Waals surface area contributed by atoms with E-state index < -0.39 is 15.8 Å². The highest BCUT2D eigenvalue weighted by atomic mass is 32.2. The van der Waals surface area contributed by atoms with Gasteiger partial charge in [-0.1, -0.05) is 6.42 Å². The van der Waals surface area contributed by atoms with Gasteiger partial charge in [0.05, 0.1) is 4.90 Å². The van der Waals surface area contributed by atoms with Crippen LogP contribution in [-0.4, -0.2) is 26.0 Å². The van der Waals surface area contributed by atoms with Gasteiger partial charge in [0.2, 0.25) is 10.0 Å². The van der Waals surface area contributed by atoms with Crippen LogP contribution in [-0.2, 0) is 10.0 Å². The topological polar surface area (TPSA) is 72.2 Å². The third kappa shape index (κ3) is 3.90. The molecule has 0 saturated heterocycles. The van der Waals surface area contributed by atoms with E-state index in [0.29, 0.717) is 5.25 Å². The first-order valence-corrected chi connectivity index (χ1v) is 9.71. The van der Waals surface area contributed by atoms with Gasteiger partial charge in [0.1, 0.15) is 5.82 Å². The maximum absolute atomic E-state index is 13.7. The second-order valence-electron chi connectivity index (χ2n) is 5.47. The van der Waals surface area contributed by atoms with Crippen molar-refractivity contribution < 1.29 is 12.8 Å². The van der Waals surface area contributed by atoms with Gasteiger partial charge in [-0.3, -0.25) is 0 Å². The molecule has 2 atom stereocenters. The molecule has 4 nitrogen and oxygen atoms in total. The lowest BCUT2D eigenvalue weighted by Crippen LogP contribution is -2.39. The van der Waals surface area contributed by atoms with Gasteiger partial charge >= 0.3 is 0 Å². The number of halogens is 1. The summed E-state index contributed by atoms with van der Waals surface area (Å²) in [4.78, 5) is -0.0636. The van der Waals surface area contributed by atoms with Crippen LogP contribution in [0.15, 0.2) is 17.0 Å². The van der Waals surface area contributed by atoms with Crippen molar-refractivity contribution in [3.05, 3.63) is 23.5 Å². The van der Waals surface area contributed by atoms with Crippen LogP contribution in [0.25, 0.3) is 0 Å². The van der Waals surface area contributed by atoms with E-state index in [4.69, 9.17) is 5.73 Å².